The number of halogens is 1. The standard InChI is InChI=1S/C13H20ClN3O/c1-9(5-6-17(3)4)16-13(18)11-7-10(2)15-12(14)8-11/h7-9H,5-6H2,1-4H3,(H,16,18). The molecule has 0 saturated heterocycles. The topological polar surface area (TPSA) is 45.2 Å². The van der Waals surface area contributed by atoms with Gasteiger partial charge in [0.2, 0.25) is 0 Å². The van der Waals surface area contributed by atoms with Gasteiger partial charge in [-0.05, 0) is 53.0 Å². The van der Waals surface area contributed by atoms with Gasteiger partial charge in [0.15, 0.2) is 0 Å². The van der Waals surface area contributed by atoms with Gasteiger partial charge in [-0.15, -0.1) is 0 Å². The van der Waals surface area contributed by atoms with Crippen LogP contribution < -0.4 is 5.32 Å². The Morgan fingerprint density at radius 2 is 2.17 bits per heavy atom. The minimum absolute atomic E-state index is 0.103. The maximum atomic E-state index is 12.0. The van der Waals surface area contributed by atoms with Crippen LogP contribution in [0.3, 0.4) is 0 Å². The number of nitrogens with one attached hydrogen (secondary N) is 1. The predicted octanol–water partition coefficient (Wildman–Crippen LogP) is 2.11. The van der Waals surface area contributed by atoms with E-state index in [0.29, 0.717) is 10.7 Å². The van der Waals surface area contributed by atoms with Gasteiger partial charge in [0.1, 0.15) is 5.15 Å². The number of hydrogen-bond donors (Lipinski definition) is 1. The third kappa shape index (κ3) is 5.02. The summed E-state index contributed by atoms with van der Waals surface area (Å²) in [6.07, 6.45) is 0.913. The first-order chi connectivity index (χ1) is 8.38. The van der Waals surface area contributed by atoms with Crippen LogP contribution in [-0.2, 0) is 0 Å². The molecule has 0 fully saturated rings. The lowest BCUT2D eigenvalue weighted by Crippen LogP contribution is -2.34. The summed E-state index contributed by atoms with van der Waals surface area (Å²) in [4.78, 5) is 18.1. The fourth-order valence-electron chi connectivity index (χ4n) is 1.59. The molecule has 5 heteroatoms. The summed E-state index contributed by atoms with van der Waals surface area (Å²) in [5.74, 6) is -0.103. The molecular weight excluding hydrogens is 250 g/mol. The molecule has 0 radical (unpaired) electrons. The summed E-state index contributed by atoms with van der Waals surface area (Å²) in [6.45, 7) is 4.76. The number of hydrogen-bond acceptors (Lipinski definition) is 3. The zero-order valence-corrected chi connectivity index (χ0v) is 12.1. The SMILES string of the molecule is Cc1cc(C(=O)NC(C)CCN(C)C)cc(Cl)n1. The molecule has 0 saturated carbocycles. The van der Waals surface area contributed by atoms with Gasteiger partial charge in [0.25, 0.3) is 5.91 Å². The van der Waals surface area contributed by atoms with Crippen molar-refractivity contribution in [1.82, 2.24) is 15.2 Å². The zero-order valence-electron chi connectivity index (χ0n) is 11.3. The first kappa shape index (κ1) is 14.9. The van der Waals surface area contributed by atoms with E-state index in [9.17, 15) is 4.79 Å². The molecule has 1 N–H and O–H groups in total. The first-order valence-electron chi connectivity index (χ1n) is 5.98. The van der Waals surface area contributed by atoms with Crippen molar-refractivity contribution < 1.29 is 4.79 Å². The van der Waals surface area contributed by atoms with E-state index < -0.39 is 0 Å². The lowest BCUT2D eigenvalue weighted by Gasteiger charge is -2.16. The fraction of sp³-hybridized carbons (Fsp3) is 0.538. The molecule has 0 aliphatic rings. The minimum atomic E-state index is -0.103. The maximum Gasteiger partial charge on any atom is 0.251 e. The second-order valence-corrected chi connectivity index (χ2v) is 5.17. The molecule has 1 rings (SSSR count). The van der Waals surface area contributed by atoms with Crippen molar-refractivity contribution in [3.05, 3.63) is 28.5 Å². The molecule has 18 heavy (non-hydrogen) atoms. The highest BCUT2D eigenvalue weighted by Crippen LogP contribution is 2.10. The van der Waals surface area contributed by atoms with E-state index in [2.05, 4.69) is 15.2 Å². The number of aromatic nitrogens is 1. The Balaban J connectivity index is 2.59. The van der Waals surface area contributed by atoms with Gasteiger partial charge in [-0.3, -0.25) is 4.79 Å². The Kier molecular flexibility index (Phi) is 5.56. The summed E-state index contributed by atoms with van der Waals surface area (Å²) in [5, 5.41) is 3.30. The molecule has 0 aliphatic carbocycles. The van der Waals surface area contributed by atoms with Gasteiger partial charge in [-0.25, -0.2) is 4.98 Å². The van der Waals surface area contributed by atoms with Crippen molar-refractivity contribution in [3.8, 4) is 0 Å². The van der Waals surface area contributed by atoms with E-state index in [4.69, 9.17) is 11.6 Å². The summed E-state index contributed by atoms with van der Waals surface area (Å²) in [5.41, 5.74) is 1.30. The van der Waals surface area contributed by atoms with E-state index in [1.807, 2.05) is 27.9 Å². The largest absolute Gasteiger partial charge is 0.350 e. The highest BCUT2D eigenvalue weighted by atomic mass is 35.5. The first-order valence-corrected chi connectivity index (χ1v) is 6.36. The summed E-state index contributed by atoms with van der Waals surface area (Å²) in [7, 11) is 4.03. The predicted molar refractivity (Wildman–Crippen MR) is 74.1 cm³/mol. The quantitative estimate of drug-likeness (QED) is 0.833. The van der Waals surface area contributed by atoms with Crippen molar-refractivity contribution >= 4 is 17.5 Å². The van der Waals surface area contributed by atoms with Gasteiger partial charge < -0.3 is 10.2 Å². The van der Waals surface area contributed by atoms with Crippen LogP contribution in [0.2, 0.25) is 5.15 Å². The third-order valence-corrected chi connectivity index (χ3v) is 2.76. The lowest BCUT2D eigenvalue weighted by atomic mass is 10.2. The molecule has 1 aromatic rings. The van der Waals surface area contributed by atoms with E-state index in [1.165, 1.54) is 0 Å². The molecule has 1 aromatic heterocycles. The average molecular weight is 270 g/mol. The lowest BCUT2D eigenvalue weighted by molar-refractivity contribution is 0.0936. The molecule has 4 nitrogen and oxygen atoms in total. The maximum absolute atomic E-state index is 12.0. The van der Waals surface area contributed by atoms with Crippen molar-refractivity contribution in [3.63, 3.8) is 0 Å². The van der Waals surface area contributed by atoms with Crippen LogP contribution >= 0.6 is 11.6 Å². The second kappa shape index (κ2) is 6.71. The van der Waals surface area contributed by atoms with E-state index in [0.717, 1.165) is 18.7 Å². The highest BCUT2D eigenvalue weighted by molar-refractivity contribution is 6.29. The van der Waals surface area contributed by atoms with Crippen LogP contribution in [0.4, 0.5) is 0 Å². The fourth-order valence-corrected chi connectivity index (χ4v) is 1.84. The van der Waals surface area contributed by atoms with E-state index >= 15 is 0 Å². The normalized spacial score (nSPS) is 12.6. The van der Waals surface area contributed by atoms with Crippen LogP contribution in [0.5, 0.6) is 0 Å². The van der Waals surface area contributed by atoms with Crippen LogP contribution in [0.1, 0.15) is 29.4 Å². The summed E-state index contributed by atoms with van der Waals surface area (Å²) in [6, 6.07) is 3.45. The molecule has 100 valence electrons. The molecule has 1 amide bonds. The molecule has 1 heterocycles. The summed E-state index contributed by atoms with van der Waals surface area (Å²) >= 11 is 5.84. The van der Waals surface area contributed by atoms with Crippen molar-refractivity contribution in [2.24, 2.45) is 0 Å². The molecule has 0 bridgehead atoms. The van der Waals surface area contributed by atoms with Gasteiger partial charge in [-0.1, -0.05) is 11.6 Å². The third-order valence-electron chi connectivity index (χ3n) is 2.57. The average Bonchev–Trinajstić information content (AvgIpc) is 2.25. The van der Waals surface area contributed by atoms with Gasteiger partial charge in [0, 0.05) is 17.3 Å². The van der Waals surface area contributed by atoms with Crippen LogP contribution in [-0.4, -0.2) is 42.5 Å². The Morgan fingerprint density at radius 3 is 2.72 bits per heavy atom. The Labute approximate surface area is 113 Å². The number of carbonyl (C=O) groups is 1. The number of amides is 1. The molecule has 1 atom stereocenters. The number of nitrogens with zero attached hydrogens (tertiary/aromatic N) is 2. The van der Waals surface area contributed by atoms with E-state index in [-0.39, 0.29) is 11.9 Å². The molecule has 1 unspecified atom stereocenters. The van der Waals surface area contributed by atoms with Crippen LogP contribution in [0.25, 0.3) is 0 Å². The van der Waals surface area contributed by atoms with Crippen molar-refractivity contribution in [2.75, 3.05) is 20.6 Å². The highest BCUT2D eigenvalue weighted by Gasteiger charge is 2.11. The van der Waals surface area contributed by atoms with Gasteiger partial charge >= 0.3 is 0 Å². The van der Waals surface area contributed by atoms with Gasteiger partial charge in [0.05, 0.1) is 0 Å². The Hall–Kier alpha value is -1.13. The number of carbonyl (C=O) groups excluding carboxylic acids is 1. The van der Waals surface area contributed by atoms with E-state index in [1.54, 1.807) is 12.1 Å². The monoisotopic (exact) mass is 269 g/mol. The smallest absolute Gasteiger partial charge is 0.251 e. The molecule has 0 spiro atoms. The molecule has 0 aliphatic heterocycles. The summed E-state index contributed by atoms with van der Waals surface area (Å²) < 4.78 is 0. The van der Waals surface area contributed by atoms with Crippen molar-refractivity contribution in [1.29, 1.82) is 0 Å². The molecular formula is C13H20ClN3O. The Morgan fingerprint density at radius 1 is 1.50 bits per heavy atom. The number of pyridine rings is 1. The number of aryl methyl sites for hydroxylation is 1. The Bertz CT molecular complexity index is 400. The van der Waals surface area contributed by atoms with Crippen LogP contribution in [0.15, 0.2) is 12.1 Å². The second-order valence-electron chi connectivity index (χ2n) is 4.79. The number of rotatable bonds is 5. The van der Waals surface area contributed by atoms with Crippen molar-refractivity contribution in [2.45, 2.75) is 26.3 Å². The molecule has 0 aromatic carbocycles. The van der Waals surface area contributed by atoms with Crippen LogP contribution in [0, 0.1) is 6.92 Å². The van der Waals surface area contributed by atoms with Gasteiger partial charge in [-0.2, -0.15) is 0 Å². The minimum Gasteiger partial charge on any atom is -0.350 e. The zero-order chi connectivity index (χ0) is 13.7.